The molecule has 1 aromatic heterocycles. The van der Waals surface area contributed by atoms with Crippen LogP contribution in [0.2, 0.25) is 0 Å². The summed E-state index contributed by atoms with van der Waals surface area (Å²) in [5.41, 5.74) is 12.6. The molecule has 0 atom stereocenters. The third kappa shape index (κ3) is 3.11. The lowest BCUT2D eigenvalue weighted by molar-refractivity contribution is 0.100. The Balaban J connectivity index is 2.11. The fourth-order valence-electron chi connectivity index (χ4n) is 1.95. The Morgan fingerprint density at radius 2 is 2.10 bits per heavy atom. The van der Waals surface area contributed by atoms with Crippen molar-refractivity contribution in [3.63, 3.8) is 0 Å². The van der Waals surface area contributed by atoms with E-state index in [1.807, 2.05) is 6.07 Å². The summed E-state index contributed by atoms with van der Waals surface area (Å²) in [6.07, 6.45) is 0. The molecule has 0 saturated heterocycles. The molecule has 0 unspecified atom stereocenters. The van der Waals surface area contributed by atoms with Crippen LogP contribution < -0.4 is 16.8 Å². The van der Waals surface area contributed by atoms with Crippen LogP contribution in [0.3, 0.4) is 0 Å². The first kappa shape index (κ1) is 14.4. The van der Waals surface area contributed by atoms with E-state index in [2.05, 4.69) is 36.7 Å². The molecule has 0 aliphatic heterocycles. The molecule has 0 saturated carbocycles. The molecule has 1 aromatic carbocycles. The highest BCUT2D eigenvalue weighted by Crippen LogP contribution is 2.28. The van der Waals surface area contributed by atoms with Crippen LogP contribution in [0.25, 0.3) is 0 Å². The number of hydrogen-bond donors (Lipinski definition) is 3. The first-order valence-electron chi connectivity index (χ1n) is 6.37. The number of hydrogen-bond acceptors (Lipinski definition) is 4. The normalized spacial score (nSPS) is 11.3. The van der Waals surface area contributed by atoms with Gasteiger partial charge in [0.25, 0.3) is 5.91 Å². The van der Waals surface area contributed by atoms with Gasteiger partial charge in [0.05, 0.1) is 5.56 Å². The number of carbonyl (C=O) groups is 1. The molecule has 20 heavy (non-hydrogen) atoms. The van der Waals surface area contributed by atoms with Gasteiger partial charge in [0.15, 0.2) is 0 Å². The van der Waals surface area contributed by atoms with Crippen molar-refractivity contribution in [3.05, 3.63) is 46.2 Å². The van der Waals surface area contributed by atoms with Gasteiger partial charge >= 0.3 is 0 Å². The summed E-state index contributed by atoms with van der Waals surface area (Å²) < 4.78 is 0. The Bertz CT molecular complexity index is 606. The van der Waals surface area contributed by atoms with E-state index in [9.17, 15) is 4.79 Å². The Morgan fingerprint density at radius 1 is 1.35 bits per heavy atom. The lowest BCUT2D eigenvalue weighted by Gasteiger charge is -2.24. The largest absolute Gasteiger partial charge is 0.398 e. The lowest BCUT2D eigenvalue weighted by atomic mass is 9.91. The van der Waals surface area contributed by atoms with Gasteiger partial charge in [-0.2, -0.15) is 0 Å². The molecule has 1 amide bonds. The zero-order chi connectivity index (χ0) is 14.8. The molecule has 0 aliphatic carbocycles. The van der Waals surface area contributed by atoms with Gasteiger partial charge in [0, 0.05) is 28.2 Å². The number of primary amides is 1. The van der Waals surface area contributed by atoms with Gasteiger partial charge in [-0.25, -0.2) is 0 Å². The van der Waals surface area contributed by atoms with Gasteiger partial charge in [0.2, 0.25) is 0 Å². The summed E-state index contributed by atoms with van der Waals surface area (Å²) in [7, 11) is 0. The number of nitrogens with one attached hydrogen (secondary N) is 1. The summed E-state index contributed by atoms with van der Waals surface area (Å²) in [5, 5.41) is 5.41. The summed E-state index contributed by atoms with van der Waals surface area (Å²) in [6.45, 7) is 5.12. The SMILES string of the molecule is CC(C)(CNc1ccc(N)c(C(N)=O)c1)c1cccs1. The third-order valence-electron chi connectivity index (χ3n) is 3.24. The highest BCUT2D eigenvalue weighted by molar-refractivity contribution is 7.10. The van der Waals surface area contributed by atoms with Gasteiger partial charge < -0.3 is 16.8 Å². The van der Waals surface area contributed by atoms with E-state index in [4.69, 9.17) is 11.5 Å². The monoisotopic (exact) mass is 289 g/mol. The summed E-state index contributed by atoms with van der Waals surface area (Å²) in [6, 6.07) is 9.43. The number of rotatable bonds is 5. The molecule has 5 heteroatoms. The van der Waals surface area contributed by atoms with Gasteiger partial charge in [-0.1, -0.05) is 19.9 Å². The molecule has 0 bridgehead atoms. The van der Waals surface area contributed by atoms with E-state index >= 15 is 0 Å². The molecule has 5 N–H and O–H groups in total. The maximum atomic E-state index is 11.3. The van der Waals surface area contributed by atoms with E-state index in [0.29, 0.717) is 11.3 Å². The van der Waals surface area contributed by atoms with E-state index in [1.165, 1.54) is 4.88 Å². The number of benzene rings is 1. The Morgan fingerprint density at radius 3 is 2.70 bits per heavy atom. The number of anilines is 2. The van der Waals surface area contributed by atoms with Crippen molar-refractivity contribution in [3.8, 4) is 0 Å². The van der Waals surface area contributed by atoms with Crippen LogP contribution in [0.15, 0.2) is 35.7 Å². The summed E-state index contributed by atoms with van der Waals surface area (Å²) in [4.78, 5) is 12.6. The zero-order valence-corrected chi connectivity index (χ0v) is 12.5. The Hall–Kier alpha value is -2.01. The second-order valence-electron chi connectivity index (χ2n) is 5.38. The molecule has 0 fully saturated rings. The van der Waals surface area contributed by atoms with Gasteiger partial charge in [0.1, 0.15) is 0 Å². The molecule has 2 aromatic rings. The molecule has 0 aliphatic rings. The first-order valence-corrected chi connectivity index (χ1v) is 7.25. The molecule has 0 radical (unpaired) electrons. The third-order valence-corrected chi connectivity index (χ3v) is 4.48. The van der Waals surface area contributed by atoms with Crippen LogP contribution in [0.1, 0.15) is 29.1 Å². The minimum absolute atomic E-state index is 0.0163. The zero-order valence-electron chi connectivity index (χ0n) is 11.6. The predicted molar refractivity (Wildman–Crippen MR) is 85.2 cm³/mol. The second-order valence-corrected chi connectivity index (χ2v) is 6.33. The van der Waals surface area contributed by atoms with Crippen LogP contribution in [0.4, 0.5) is 11.4 Å². The number of amides is 1. The van der Waals surface area contributed by atoms with Crippen molar-refractivity contribution in [1.82, 2.24) is 0 Å². The maximum Gasteiger partial charge on any atom is 0.250 e. The van der Waals surface area contributed by atoms with Crippen LogP contribution in [-0.2, 0) is 5.41 Å². The molecule has 0 spiro atoms. The van der Waals surface area contributed by atoms with E-state index in [1.54, 1.807) is 23.5 Å². The first-order chi connectivity index (χ1) is 9.40. The minimum atomic E-state index is -0.510. The highest BCUT2D eigenvalue weighted by atomic mass is 32.1. The average molecular weight is 289 g/mol. The predicted octanol–water partition coefficient (Wildman–Crippen LogP) is 2.82. The lowest BCUT2D eigenvalue weighted by Crippen LogP contribution is -2.26. The van der Waals surface area contributed by atoms with Crippen LogP contribution >= 0.6 is 11.3 Å². The number of nitrogen functional groups attached to an aromatic ring is 1. The van der Waals surface area contributed by atoms with E-state index in [-0.39, 0.29) is 5.41 Å². The van der Waals surface area contributed by atoms with Crippen molar-refractivity contribution >= 4 is 28.6 Å². The van der Waals surface area contributed by atoms with E-state index < -0.39 is 5.91 Å². The van der Waals surface area contributed by atoms with Crippen molar-refractivity contribution in [2.45, 2.75) is 19.3 Å². The summed E-state index contributed by atoms with van der Waals surface area (Å²) in [5.74, 6) is -0.510. The van der Waals surface area contributed by atoms with Gasteiger partial charge in [-0.3, -0.25) is 4.79 Å². The van der Waals surface area contributed by atoms with Crippen molar-refractivity contribution < 1.29 is 4.79 Å². The molecular weight excluding hydrogens is 270 g/mol. The van der Waals surface area contributed by atoms with Crippen LogP contribution in [0, 0.1) is 0 Å². The standard InChI is InChI=1S/C15H19N3OS/c1-15(2,13-4-3-7-20-13)9-18-10-5-6-12(16)11(8-10)14(17)19/h3-8,18H,9,16H2,1-2H3,(H2,17,19). The second kappa shape index (κ2) is 5.54. The highest BCUT2D eigenvalue weighted by Gasteiger charge is 2.21. The van der Waals surface area contributed by atoms with Crippen molar-refractivity contribution in [1.29, 1.82) is 0 Å². The van der Waals surface area contributed by atoms with Gasteiger partial charge in [-0.15, -0.1) is 11.3 Å². The average Bonchev–Trinajstić information content (AvgIpc) is 2.92. The van der Waals surface area contributed by atoms with Crippen molar-refractivity contribution in [2.24, 2.45) is 5.73 Å². The summed E-state index contributed by atoms with van der Waals surface area (Å²) >= 11 is 1.74. The fourth-order valence-corrected chi connectivity index (χ4v) is 2.81. The molecule has 106 valence electrons. The maximum absolute atomic E-state index is 11.3. The van der Waals surface area contributed by atoms with Gasteiger partial charge in [-0.05, 0) is 29.6 Å². The Labute approximate surface area is 122 Å². The topological polar surface area (TPSA) is 81.1 Å². The van der Waals surface area contributed by atoms with Crippen LogP contribution in [0.5, 0.6) is 0 Å². The minimum Gasteiger partial charge on any atom is -0.398 e. The number of nitrogens with two attached hydrogens (primary N) is 2. The molecule has 1 heterocycles. The number of thiophene rings is 1. The molecule has 4 nitrogen and oxygen atoms in total. The number of carbonyl (C=O) groups excluding carboxylic acids is 1. The van der Waals surface area contributed by atoms with Crippen molar-refractivity contribution in [2.75, 3.05) is 17.6 Å². The smallest absolute Gasteiger partial charge is 0.250 e. The Kier molecular flexibility index (Phi) is 3.99. The molecular formula is C15H19N3OS. The quantitative estimate of drug-likeness (QED) is 0.740. The fraction of sp³-hybridized carbons (Fsp3) is 0.267. The van der Waals surface area contributed by atoms with E-state index in [0.717, 1.165) is 12.2 Å². The molecule has 2 rings (SSSR count). The van der Waals surface area contributed by atoms with Crippen LogP contribution in [-0.4, -0.2) is 12.5 Å².